The molecule has 0 N–H and O–H groups in total. The third-order valence-electron chi connectivity index (χ3n) is 8.91. The van der Waals surface area contributed by atoms with E-state index in [4.69, 9.17) is 18.9 Å². The normalized spacial score (nSPS) is 12.1. The summed E-state index contributed by atoms with van der Waals surface area (Å²) in [7, 11) is 1.77. The Morgan fingerprint density at radius 3 is 1.00 bits per heavy atom. The minimum Gasteiger partial charge on any atom is -0.491 e. The Labute approximate surface area is 247 Å². The van der Waals surface area contributed by atoms with Crippen molar-refractivity contribution in [3.05, 3.63) is 16.7 Å². The molecule has 40 heavy (non-hydrogen) atoms. The number of carbonyl (C=O) groups is 1. The fourth-order valence-electron chi connectivity index (χ4n) is 7.01. The SMILES string of the molecule is COC(=O)c1c(C#C[Si](C(C)C)(C(C)C)C(C)C)c(OC)c(OC)c(OC)c1C#C[Si](C(C)C)(C(C)C)C(C)C. The monoisotopic (exact) mass is 586 g/mol. The lowest BCUT2D eigenvalue weighted by Crippen LogP contribution is -2.43. The van der Waals surface area contributed by atoms with Crippen LogP contribution in [0.4, 0.5) is 0 Å². The lowest BCUT2D eigenvalue weighted by molar-refractivity contribution is 0.0599. The van der Waals surface area contributed by atoms with Gasteiger partial charge in [-0.15, -0.1) is 11.1 Å². The maximum Gasteiger partial charge on any atom is 0.340 e. The Bertz CT molecular complexity index is 1030. The first-order valence-corrected chi connectivity index (χ1v) is 19.0. The molecule has 224 valence electrons. The van der Waals surface area contributed by atoms with E-state index >= 15 is 0 Å². The number of ether oxygens (including phenoxy) is 4. The second-order valence-electron chi connectivity index (χ2n) is 12.5. The highest BCUT2D eigenvalue weighted by Gasteiger charge is 2.43. The van der Waals surface area contributed by atoms with E-state index in [1.54, 1.807) is 21.3 Å². The topological polar surface area (TPSA) is 54.0 Å². The molecule has 0 saturated carbocycles. The van der Waals surface area contributed by atoms with E-state index in [1.165, 1.54) is 7.11 Å². The summed E-state index contributed by atoms with van der Waals surface area (Å²) in [5.41, 5.74) is 11.2. The number of benzene rings is 1. The number of methoxy groups -OCH3 is 4. The highest BCUT2D eigenvalue weighted by atomic mass is 28.3. The zero-order valence-electron chi connectivity index (χ0n) is 28.0. The van der Waals surface area contributed by atoms with Gasteiger partial charge in [0.25, 0.3) is 0 Å². The Morgan fingerprint density at radius 1 is 0.525 bits per heavy atom. The summed E-state index contributed by atoms with van der Waals surface area (Å²) in [6, 6.07) is 0. The molecule has 0 saturated heterocycles. The van der Waals surface area contributed by atoms with E-state index in [1.807, 2.05) is 0 Å². The molecule has 0 aliphatic carbocycles. The van der Waals surface area contributed by atoms with Crippen LogP contribution in [0.3, 0.4) is 0 Å². The van der Waals surface area contributed by atoms with Crippen LogP contribution in [0.2, 0.25) is 33.2 Å². The second-order valence-corrected chi connectivity index (χ2v) is 23.7. The molecular formula is C33H54O5Si2. The highest BCUT2D eigenvalue weighted by molar-refractivity contribution is 6.91. The maximum absolute atomic E-state index is 13.6. The first-order valence-electron chi connectivity index (χ1n) is 14.6. The predicted molar refractivity (Wildman–Crippen MR) is 173 cm³/mol. The zero-order valence-corrected chi connectivity index (χ0v) is 30.0. The summed E-state index contributed by atoms with van der Waals surface area (Å²) in [4.78, 5) is 13.6. The van der Waals surface area contributed by atoms with E-state index in [-0.39, 0.29) is 5.56 Å². The summed E-state index contributed by atoms with van der Waals surface area (Å²) in [5.74, 6) is 7.49. The van der Waals surface area contributed by atoms with Crippen LogP contribution in [0, 0.1) is 22.9 Å². The molecule has 0 heterocycles. The Hall–Kier alpha value is -2.36. The molecule has 0 spiro atoms. The second kappa shape index (κ2) is 14.5. The molecule has 0 radical (unpaired) electrons. The predicted octanol–water partition coefficient (Wildman–Crippen LogP) is 8.64. The highest BCUT2D eigenvalue weighted by Crippen LogP contribution is 2.47. The number of hydrogen-bond donors (Lipinski definition) is 0. The van der Waals surface area contributed by atoms with Crippen LogP contribution in [0.1, 0.15) is 105 Å². The van der Waals surface area contributed by atoms with Gasteiger partial charge in [-0.1, -0.05) is 94.9 Å². The van der Waals surface area contributed by atoms with Gasteiger partial charge in [0.2, 0.25) is 5.75 Å². The third kappa shape index (κ3) is 6.42. The fourth-order valence-corrected chi connectivity index (χ4v) is 17.4. The minimum absolute atomic E-state index is 0.273. The van der Waals surface area contributed by atoms with E-state index in [0.717, 1.165) is 0 Å². The molecule has 0 bridgehead atoms. The Kier molecular flexibility index (Phi) is 12.9. The zero-order chi connectivity index (χ0) is 31.2. The Balaban J connectivity index is 4.51. The molecule has 1 aromatic rings. The van der Waals surface area contributed by atoms with Gasteiger partial charge < -0.3 is 18.9 Å². The molecule has 1 aromatic carbocycles. The van der Waals surface area contributed by atoms with Crippen molar-refractivity contribution >= 4 is 22.1 Å². The van der Waals surface area contributed by atoms with Gasteiger partial charge in [-0.3, -0.25) is 0 Å². The third-order valence-corrected chi connectivity index (χ3v) is 21.5. The van der Waals surface area contributed by atoms with Crippen molar-refractivity contribution in [2.75, 3.05) is 28.4 Å². The van der Waals surface area contributed by atoms with Crippen molar-refractivity contribution in [2.24, 2.45) is 0 Å². The summed E-state index contributed by atoms with van der Waals surface area (Å²) in [5, 5.41) is 0. The number of hydrogen-bond acceptors (Lipinski definition) is 5. The molecule has 0 aliphatic rings. The van der Waals surface area contributed by atoms with E-state index in [2.05, 4.69) is 106 Å². The van der Waals surface area contributed by atoms with E-state index in [9.17, 15) is 4.79 Å². The molecule has 5 nitrogen and oxygen atoms in total. The summed E-state index contributed by atoms with van der Waals surface area (Å²) in [6.07, 6.45) is 0. The van der Waals surface area contributed by atoms with Crippen LogP contribution in [-0.4, -0.2) is 50.6 Å². The summed E-state index contributed by atoms with van der Waals surface area (Å²) < 4.78 is 22.9. The van der Waals surface area contributed by atoms with Crippen LogP contribution in [-0.2, 0) is 4.74 Å². The first-order chi connectivity index (χ1) is 18.6. The number of esters is 1. The molecule has 0 aliphatic heterocycles. The van der Waals surface area contributed by atoms with Crippen LogP contribution in [0.25, 0.3) is 0 Å². The molecule has 0 unspecified atom stereocenters. The van der Waals surface area contributed by atoms with Gasteiger partial charge in [-0.05, 0) is 33.2 Å². The van der Waals surface area contributed by atoms with Gasteiger partial charge in [-0.25, -0.2) is 4.79 Å². The van der Waals surface area contributed by atoms with Crippen LogP contribution in [0.5, 0.6) is 17.2 Å². The molecule has 1 rings (SSSR count). The minimum atomic E-state index is -2.14. The molecule has 0 fully saturated rings. The van der Waals surface area contributed by atoms with Crippen molar-refractivity contribution in [1.82, 2.24) is 0 Å². The average Bonchev–Trinajstić information content (AvgIpc) is 2.86. The average molecular weight is 587 g/mol. The molecule has 7 heteroatoms. The molecular weight excluding hydrogens is 533 g/mol. The maximum atomic E-state index is 13.6. The fraction of sp³-hybridized carbons (Fsp3) is 0.667. The van der Waals surface area contributed by atoms with Gasteiger partial charge >= 0.3 is 5.97 Å². The first kappa shape index (κ1) is 35.7. The van der Waals surface area contributed by atoms with Gasteiger partial charge in [0.1, 0.15) is 16.1 Å². The van der Waals surface area contributed by atoms with Gasteiger partial charge in [-0.2, -0.15) is 0 Å². The molecule has 0 atom stereocenters. The van der Waals surface area contributed by atoms with Crippen LogP contribution in [0.15, 0.2) is 0 Å². The van der Waals surface area contributed by atoms with Crippen molar-refractivity contribution < 1.29 is 23.7 Å². The molecule has 0 aromatic heterocycles. The number of carbonyl (C=O) groups excluding carboxylic acids is 1. The Morgan fingerprint density at radius 2 is 0.800 bits per heavy atom. The lowest BCUT2D eigenvalue weighted by Gasteiger charge is -2.38. The van der Waals surface area contributed by atoms with Gasteiger partial charge in [0, 0.05) is 0 Å². The van der Waals surface area contributed by atoms with Crippen molar-refractivity contribution in [2.45, 2.75) is 116 Å². The standard InChI is InChI=1S/C33H54O5Si2/c1-21(2)39(22(3)4,23(5)6)19-17-27-29(33(34)38-16)28(31(36-14)32(37-15)30(27)35-13)18-20-40(24(7)8,25(9)10)26(11)12/h21-26H,1-16H3. The largest absolute Gasteiger partial charge is 0.491 e. The van der Waals surface area contributed by atoms with E-state index in [0.29, 0.717) is 61.6 Å². The number of rotatable bonds is 10. The summed E-state index contributed by atoms with van der Waals surface area (Å²) in [6.45, 7) is 27.2. The quantitative estimate of drug-likeness (QED) is 0.156. The van der Waals surface area contributed by atoms with Crippen molar-refractivity contribution in [1.29, 1.82) is 0 Å². The van der Waals surface area contributed by atoms with Gasteiger partial charge in [0.15, 0.2) is 11.5 Å². The van der Waals surface area contributed by atoms with Crippen LogP contribution < -0.4 is 14.2 Å². The van der Waals surface area contributed by atoms with Crippen molar-refractivity contribution in [3.63, 3.8) is 0 Å². The molecule has 0 amide bonds. The van der Waals surface area contributed by atoms with Crippen molar-refractivity contribution in [3.8, 4) is 40.2 Å². The van der Waals surface area contributed by atoms with Gasteiger partial charge in [0.05, 0.1) is 45.1 Å². The smallest absolute Gasteiger partial charge is 0.340 e. The van der Waals surface area contributed by atoms with Crippen LogP contribution >= 0.6 is 0 Å². The van der Waals surface area contributed by atoms with E-state index < -0.39 is 22.1 Å². The summed E-state index contributed by atoms with van der Waals surface area (Å²) >= 11 is 0. The lowest BCUT2D eigenvalue weighted by atomic mass is 9.98.